The molecule has 8 heteroatoms. The molecule has 0 unspecified atom stereocenters. The molecule has 0 aliphatic rings. The quantitative estimate of drug-likeness (QED) is 0.669. The van der Waals surface area contributed by atoms with Gasteiger partial charge in [-0.25, -0.2) is 0 Å². The number of hydrogen-bond donors (Lipinski definition) is 0. The summed E-state index contributed by atoms with van der Waals surface area (Å²) in [5.41, 5.74) is 2.96. The summed E-state index contributed by atoms with van der Waals surface area (Å²) < 4.78 is 30.0. The number of rotatable bonds is 8. The maximum atomic E-state index is 5.27. The first-order valence-electron chi connectivity index (χ1n) is 6.59. The topological polar surface area (TPSA) is 55.4 Å². The third-order valence-corrected chi connectivity index (χ3v) is 6.15. The lowest BCUT2D eigenvalue weighted by Gasteiger charge is -2.20. The summed E-state index contributed by atoms with van der Waals surface area (Å²) in [6.45, 7) is 0. The SMILES string of the molecule is CO[SiH](OC)OC.CO[Si](C=Cc1ccccc1)(OC)OC. The van der Waals surface area contributed by atoms with Crippen molar-refractivity contribution in [2.75, 3.05) is 42.7 Å². The maximum Gasteiger partial charge on any atom is 0.528 e. The van der Waals surface area contributed by atoms with Crippen LogP contribution in [0.4, 0.5) is 0 Å². The van der Waals surface area contributed by atoms with Crippen molar-refractivity contribution in [2.24, 2.45) is 0 Å². The molecule has 1 rings (SSSR count). The van der Waals surface area contributed by atoms with E-state index in [4.69, 9.17) is 26.6 Å². The minimum absolute atomic E-state index is 1.10. The van der Waals surface area contributed by atoms with E-state index in [1.807, 2.05) is 42.1 Å². The Bertz CT molecular complexity index is 380. The van der Waals surface area contributed by atoms with Crippen molar-refractivity contribution in [3.05, 3.63) is 41.6 Å². The molecule has 6 nitrogen and oxygen atoms in total. The van der Waals surface area contributed by atoms with Gasteiger partial charge in [0, 0.05) is 42.7 Å². The Morgan fingerprint density at radius 1 is 0.773 bits per heavy atom. The lowest BCUT2D eigenvalue weighted by Crippen LogP contribution is -2.40. The number of hydrogen-bond acceptors (Lipinski definition) is 6. The third-order valence-electron chi connectivity index (χ3n) is 2.71. The van der Waals surface area contributed by atoms with Gasteiger partial charge < -0.3 is 26.6 Å². The highest BCUT2D eigenvalue weighted by molar-refractivity contribution is 6.66. The van der Waals surface area contributed by atoms with Gasteiger partial charge >= 0.3 is 18.3 Å². The molecular formula is C14H26O6Si2. The highest BCUT2D eigenvalue weighted by atomic mass is 28.4. The Morgan fingerprint density at radius 2 is 1.23 bits per heavy atom. The van der Waals surface area contributed by atoms with Crippen LogP contribution in [0.5, 0.6) is 0 Å². The molecule has 0 radical (unpaired) electrons. The van der Waals surface area contributed by atoms with E-state index in [-0.39, 0.29) is 0 Å². The van der Waals surface area contributed by atoms with Crippen molar-refractivity contribution in [3.63, 3.8) is 0 Å². The minimum Gasteiger partial charge on any atom is -0.379 e. The van der Waals surface area contributed by atoms with Crippen LogP contribution in [0.25, 0.3) is 6.08 Å². The van der Waals surface area contributed by atoms with Gasteiger partial charge in [0.2, 0.25) is 0 Å². The minimum atomic E-state index is -2.58. The van der Waals surface area contributed by atoms with Gasteiger partial charge in [-0.2, -0.15) is 0 Å². The Morgan fingerprint density at radius 3 is 1.55 bits per heavy atom. The molecule has 1 aromatic carbocycles. The second-order valence-electron chi connectivity index (χ2n) is 3.96. The average Bonchev–Trinajstić information content (AvgIpc) is 2.60. The maximum absolute atomic E-state index is 5.27. The highest BCUT2D eigenvalue weighted by Gasteiger charge is 2.34. The van der Waals surface area contributed by atoms with Crippen LogP contribution in [0.1, 0.15) is 5.56 Å². The van der Waals surface area contributed by atoms with Crippen molar-refractivity contribution in [1.29, 1.82) is 0 Å². The summed E-state index contributed by atoms with van der Waals surface area (Å²) in [5, 5.41) is 0. The first-order chi connectivity index (χ1) is 10.6. The van der Waals surface area contributed by atoms with Crippen molar-refractivity contribution in [1.82, 2.24) is 0 Å². The monoisotopic (exact) mass is 346 g/mol. The second kappa shape index (κ2) is 12.7. The first kappa shape index (κ1) is 21.2. The van der Waals surface area contributed by atoms with Crippen LogP contribution in [-0.2, 0) is 26.6 Å². The fourth-order valence-corrected chi connectivity index (χ4v) is 3.39. The fraction of sp³-hybridized carbons (Fsp3) is 0.429. The van der Waals surface area contributed by atoms with Gasteiger partial charge in [-0.1, -0.05) is 36.4 Å². The summed E-state index contributed by atoms with van der Waals surface area (Å²) in [6.07, 6.45) is 1.95. The van der Waals surface area contributed by atoms with E-state index in [0.29, 0.717) is 0 Å². The van der Waals surface area contributed by atoms with Crippen LogP contribution in [0.2, 0.25) is 0 Å². The molecular weight excluding hydrogens is 320 g/mol. The van der Waals surface area contributed by atoms with E-state index in [2.05, 4.69) is 0 Å². The summed E-state index contributed by atoms with van der Waals surface area (Å²) in [4.78, 5) is 0. The smallest absolute Gasteiger partial charge is 0.379 e. The molecule has 0 aliphatic heterocycles. The van der Waals surface area contributed by atoms with Crippen LogP contribution >= 0.6 is 0 Å². The Hall–Kier alpha value is -0.846. The molecule has 0 spiro atoms. The predicted octanol–water partition coefficient (Wildman–Crippen LogP) is 1.76. The van der Waals surface area contributed by atoms with Crippen molar-refractivity contribution in [2.45, 2.75) is 0 Å². The van der Waals surface area contributed by atoms with Crippen molar-refractivity contribution >= 4 is 24.4 Å². The van der Waals surface area contributed by atoms with Crippen molar-refractivity contribution in [3.8, 4) is 0 Å². The molecule has 0 amide bonds. The van der Waals surface area contributed by atoms with Crippen LogP contribution in [0.3, 0.4) is 0 Å². The fourth-order valence-electron chi connectivity index (χ4n) is 1.51. The van der Waals surface area contributed by atoms with Gasteiger partial charge in [0.1, 0.15) is 0 Å². The Balaban J connectivity index is 0.000000534. The molecule has 0 saturated carbocycles. The summed E-state index contributed by atoms with van der Waals surface area (Å²) in [7, 11) is 5.24. The molecule has 22 heavy (non-hydrogen) atoms. The van der Waals surface area contributed by atoms with E-state index in [1.54, 1.807) is 42.7 Å². The average molecular weight is 347 g/mol. The molecule has 0 heterocycles. The summed E-state index contributed by atoms with van der Waals surface area (Å²) >= 11 is 0. The molecule has 0 bridgehead atoms. The van der Waals surface area contributed by atoms with Gasteiger partial charge in [0.15, 0.2) is 0 Å². The zero-order chi connectivity index (χ0) is 16.8. The van der Waals surface area contributed by atoms with Crippen LogP contribution in [0.15, 0.2) is 36.0 Å². The first-order valence-corrected chi connectivity index (χ1v) is 9.81. The molecule has 0 saturated heterocycles. The van der Waals surface area contributed by atoms with E-state index in [0.717, 1.165) is 5.56 Å². The number of benzene rings is 1. The van der Waals surface area contributed by atoms with Crippen LogP contribution in [-0.4, -0.2) is 61.0 Å². The highest BCUT2D eigenvalue weighted by Crippen LogP contribution is 2.11. The Labute approximate surface area is 135 Å². The van der Waals surface area contributed by atoms with Gasteiger partial charge in [-0.3, -0.25) is 0 Å². The molecule has 0 N–H and O–H groups in total. The zero-order valence-electron chi connectivity index (χ0n) is 14.1. The molecule has 0 atom stereocenters. The summed E-state index contributed by atoms with van der Waals surface area (Å²) in [6, 6.07) is 9.96. The van der Waals surface area contributed by atoms with E-state index < -0.39 is 18.3 Å². The molecule has 0 fully saturated rings. The van der Waals surface area contributed by atoms with Crippen LogP contribution < -0.4 is 0 Å². The largest absolute Gasteiger partial charge is 0.528 e. The van der Waals surface area contributed by atoms with Gasteiger partial charge in [-0.05, 0) is 11.3 Å². The van der Waals surface area contributed by atoms with Crippen LogP contribution in [0, 0.1) is 0 Å². The normalized spacial score (nSPS) is 11.6. The molecule has 1 aromatic rings. The third kappa shape index (κ3) is 7.96. The van der Waals surface area contributed by atoms with Gasteiger partial charge in [0.05, 0.1) is 0 Å². The molecule has 126 valence electrons. The summed E-state index contributed by atoms with van der Waals surface area (Å²) in [5.74, 6) is 0. The zero-order valence-corrected chi connectivity index (χ0v) is 16.2. The molecule has 0 aliphatic carbocycles. The van der Waals surface area contributed by atoms with E-state index in [1.165, 1.54) is 0 Å². The van der Waals surface area contributed by atoms with E-state index >= 15 is 0 Å². The predicted molar refractivity (Wildman–Crippen MR) is 90.4 cm³/mol. The Kier molecular flexibility index (Phi) is 12.2. The lowest BCUT2D eigenvalue weighted by molar-refractivity contribution is 0.139. The van der Waals surface area contributed by atoms with Gasteiger partial charge in [-0.15, -0.1) is 0 Å². The molecule has 0 aromatic heterocycles. The van der Waals surface area contributed by atoms with Gasteiger partial charge in [0.25, 0.3) is 0 Å². The lowest BCUT2D eigenvalue weighted by atomic mass is 10.2. The van der Waals surface area contributed by atoms with Crippen molar-refractivity contribution < 1.29 is 26.6 Å². The van der Waals surface area contributed by atoms with E-state index in [9.17, 15) is 0 Å². The standard InChI is InChI=1S/C11H16O3Si.C3H10O3Si/c1-12-15(13-2,14-3)10-9-11-7-5-4-6-8-11;1-4-7(5-2)6-3/h4-10H,1-3H3;7H,1-3H3. The second-order valence-corrected chi connectivity index (χ2v) is 8.71.